The van der Waals surface area contributed by atoms with Crippen LogP contribution in [0.2, 0.25) is 0 Å². The summed E-state index contributed by atoms with van der Waals surface area (Å²) in [6.07, 6.45) is -3.30. The first-order valence-corrected chi connectivity index (χ1v) is 2.59. The maximum atomic E-state index is 11.6. The molecule has 0 saturated carbocycles. The number of allylic oxidation sites excluding steroid dienone is 1. The molecule has 0 N–H and O–H groups in total. The Morgan fingerprint density at radius 1 is 1.60 bits per heavy atom. The van der Waals surface area contributed by atoms with Gasteiger partial charge in [0.2, 0.25) is 0 Å². The maximum Gasteiger partial charge on any atom is 0.412 e. The normalized spacial score (nSPS) is 13.9. The third kappa shape index (κ3) is 3.50. The zero-order valence-corrected chi connectivity index (χ0v) is 5.53. The smallest absolute Gasteiger partial charge is 0.375 e. The molecule has 59 valence electrons. The van der Waals surface area contributed by atoms with Crippen molar-refractivity contribution in [3.05, 3.63) is 18.8 Å². The molecule has 0 aliphatic rings. The van der Waals surface area contributed by atoms with Crippen LogP contribution in [-0.2, 0) is 4.74 Å². The molecular formula is C6H8F3O. The van der Waals surface area contributed by atoms with Gasteiger partial charge in [0.1, 0.15) is 0 Å². The predicted octanol–water partition coefficient (Wildman–Crippen LogP) is 2.30. The van der Waals surface area contributed by atoms with Crippen molar-refractivity contribution in [2.24, 2.45) is 0 Å². The van der Waals surface area contributed by atoms with Gasteiger partial charge in [-0.1, -0.05) is 6.08 Å². The molecule has 0 heterocycles. The topological polar surface area (TPSA) is 9.23 Å². The van der Waals surface area contributed by atoms with Gasteiger partial charge in [0.15, 0.2) is 0 Å². The third-order valence-electron chi connectivity index (χ3n) is 0.955. The summed E-state index contributed by atoms with van der Waals surface area (Å²) in [5, 5.41) is 0. The molecule has 0 aliphatic carbocycles. The summed E-state index contributed by atoms with van der Waals surface area (Å²) < 4.78 is 39.1. The molecule has 0 atom stereocenters. The van der Waals surface area contributed by atoms with Crippen molar-refractivity contribution in [2.75, 3.05) is 6.61 Å². The number of hydrogen-bond acceptors (Lipinski definition) is 1. The van der Waals surface area contributed by atoms with Gasteiger partial charge in [-0.05, 0) is 6.92 Å². The zero-order chi connectivity index (χ0) is 8.20. The average Bonchev–Trinajstić information content (AvgIpc) is 1.80. The van der Waals surface area contributed by atoms with Crippen LogP contribution in [0.5, 0.6) is 0 Å². The highest BCUT2D eigenvalue weighted by molar-refractivity contribution is 5.04. The molecule has 0 rings (SSSR count). The lowest BCUT2D eigenvalue weighted by atomic mass is 10.3. The largest absolute Gasteiger partial charge is 0.412 e. The minimum atomic E-state index is -4.24. The highest BCUT2D eigenvalue weighted by Gasteiger charge is 2.29. The minimum absolute atomic E-state index is 0.106. The lowest BCUT2D eigenvalue weighted by molar-refractivity contribution is -0.0918. The van der Waals surface area contributed by atoms with E-state index in [9.17, 15) is 13.2 Å². The van der Waals surface area contributed by atoms with E-state index in [1.165, 1.54) is 0 Å². The Morgan fingerprint density at radius 2 is 2.10 bits per heavy atom. The molecule has 0 aliphatic heterocycles. The van der Waals surface area contributed by atoms with E-state index in [1.807, 2.05) is 0 Å². The fourth-order valence-corrected chi connectivity index (χ4v) is 0.300. The number of rotatable bonds is 2. The molecule has 0 spiro atoms. The van der Waals surface area contributed by atoms with Crippen molar-refractivity contribution >= 4 is 0 Å². The second-order valence-corrected chi connectivity index (χ2v) is 1.76. The summed E-state index contributed by atoms with van der Waals surface area (Å²) in [7, 11) is 2.93. The molecule has 1 nitrogen and oxygen atoms in total. The lowest BCUT2D eigenvalue weighted by Crippen LogP contribution is -2.09. The van der Waals surface area contributed by atoms with E-state index in [2.05, 4.69) is 11.8 Å². The molecule has 10 heavy (non-hydrogen) atoms. The van der Waals surface area contributed by atoms with Gasteiger partial charge >= 0.3 is 6.18 Å². The van der Waals surface area contributed by atoms with E-state index in [0.29, 0.717) is 0 Å². The fraction of sp³-hybridized carbons (Fsp3) is 0.500. The Kier molecular flexibility index (Phi) is 3.42. The molecule has 0 saturated heterocycles. The first kappa shape index (κ1) is 9.49. The van der Waals surface area contributed by atoms with E-state index in [0.717, 1.165) is 13.0 Å². The monoisotopic (exact) mass is 153 g/mol. The van der Waals surface area contributed by atoms with E-state index >= 15 is 0 Å². The maximum absolute atomic E-state index is 11.6. The summed E-state index contributed by atoms with van der Waals surface area (Å²) in [6.45, 7) is 0.879. The van der Waals surface area contributed by atoms with Crippen molar-refractivity contribution in [1.82, 2.24) is 0 Å². The fourth-order valence-electron chi connectivity index (χ4n) is 0.300. The van der Waals surface area contributed by atoms with E-state index < -0.39 is 11.7 Å². The van der Waals surface area contributed by atoms with Gasteiger partial charge in [-0.2, -0.15) is 13.2 Å². The summed E-state index contributed by atoms with van der Waals surface area (Å²) in [6, 6.07) is 0. The Bertz CT molecular complexity index is 125. The molecule has 0 fully saturated rings. The molecule has 4 heteroatoms. The van der Waals surface area contributed by atoms with Crippen molar-refractivity contribution in [2.45, 2.75) is 13.1 Å². The van der Waals surface area contributed by atoms with E-state index in [-0.39, 0.29) is 6.61 Å². The Morgan fingerprint density at radius 3 is 2.40 bits per heavy atom. The first-order valence-electron chi connectivity index (χ1n) is 2.59. The van der Waals surface area contributed by atoms with Crippen LogP contribution in [0.25, 0.3) is 0 Å². The quantitative estimate of drug-likeness (QED) is 0.553. The van der Waals surface area contributed by atoms with Gasteiger partial charge in [0, 0.05) is 5.57 Å². The van der Waals surface area contributed by atoms with Gasteiger partial charge in [0.05, 0.1) is 13.7 Å². The highest BCUT2D eigenvalue weighted by Crippen LogP contribution is 2.24. The predicted molar refractivity (Wildman–Crippen MR) is 31.1 cm³/mol. The van der Waals surface area contributed by atoms with Gasteiger partial charge in [-0.25, -0.2) is 0 Å². The summed E-state index contributed by atoms with van der Waals surface area (Å²) in [4.78, 5) is 0. The van der Waals surface area contributed by atoms with Gasteiger partial charge < -0.3 is 4.74 Å². The van der Waals surface area contributed by atoms with Crippen LogP contribution in [0.1, 0.15) is 6.92 Å². The van der Waals surface area contributed by atoms with E-state index in [1.54, 1.807) is 0 Å². The van der Waals surface area contributed by atoms with Crippen LogP contribution in [0, 0.1) is 7.11 Å². The SMILES string of the molecule is [CH2]OCC=C(C)C(F)(F)F. The Balaban J connectivity index is 3.93. The second-order valence-electron chi connectivity index (χ2n) is 1.76. The Labute approximate surface area is 57.5 Å². The molecule has 0 aromatic carbocycles. The number of ether oxygens (including phenoxy) is 1. The molecule has 0 aromatic rings. The molecular weight excluding hydrogens is 145 g/mol. The second kappa shape index (κ2) is 3.61. The van der Waals surface area contributed by atoms with E-state index in [4.69, 9.17) is 0 Å². The third-order valence-corrected chi connectivity index (χ3v) is 0.955. The molecule has 0 aromatic heterocycles. The standard InChI is InChI=1S/C6H8F3O/c1-5(3-4-10-2)6(7,8)9/h3H,2,4H2,1H3. The van der Waals surface area contributed by atoms with Crippen molar-refractivity contribution in [3.63, 3.8) is 0 Å². The van der Waals surface area contributed by atoms with Crippen LogP contribution in [0.4, 0.5) is 13.2 Å². The van der Waals surface area contributed by atoms with Crippen molar-refractivity contribution in [3.8, 4) is 0 Å². The number of halogens is 3. The Hall–Kier alpha value is -0.510. The minimum Gasteiger partial charge on any atom is -0.375 e. The van der Waals surface area contributed by atoms with Crippen LogP contribution >= 0.6 is 0 Å². The zero-order valence-electron chi connectivity index (χ0n) is 5.53. The van der Waals surface area contributed by atoms with Crippen molar-refractivity contribution in [1.29, 1.82) is 0 Å². The average molecular weight is 153 g/mol. The molecule has 0 unspecified atom stereocenters. The van der Waals surface area contributed by atoms with Crippen LogP contribution in [0.15, 0.2) is 11.6 Å². The van der Waals surface area contributed by atoms with Gasteiger partial charge in [-0.15, -0.1) is 0 Å². The van der Waals surface area contributed by atoms with Gasteiger partial charge in [0.25, 0.3) is 0 Å². The lowest BCUT2D eigenvalue weighted by Gasteiger charge is -2.04. The van der Waals surface area contributed by atoms with Crippen LogP contribution in [-0.4, -0.2) is 12.8 Å². The number of alkyl halides is 3. The van der Waals surface area contributed by atoms with Gasteiger partial charge in [-0.3, -0.25) is 0 Å². The molecule has 0 bridgehead atoms. The van der Waals surface area contributed by atoms with Crippen LogP contribution in [0.3, 0.4) is 0 Å². The summed E-state index contributed by atoms with van der Waals surface area (Å²) in [5.74, 6) is 0. The van der Waals surface area contributed by atoms with Crippen LogP contribution < -0.4 is 0 Å². The first-order chi connectivity index (χ1) is 4.48. The summed E-state index contributed by atoms with van der Waals surface area (Å²) >= 11 is 0. The highest BCUT2D eigenvalue weighted by atomic mass is 19.4. The van der Waals surface area contributed by atoms with Crippen molar-refractivity contribution < 1.29 is 17.9 Å². The number of hydrogen-bond donors (Lipinski definition) is 0. The molecule has 1 radical (unpaired) electrons. The molecule has 0 amide bonds. The summed E-state index contributed by atoms with van der Waals surface area (Å²) in [5.41, 5.74) is -0.656.